The monoisotopic (exact) mass is 489 g/mol. The lowest BCUT2D eigenvalue weighted by Gasteiger charge is -2.31. The summed E-state index contributed by atoms with van der Waals surface area (Å²) in [6.45, 7) is 1.03. The molecule has 1 aromatic heterocycles. The van der Waals surface area contributed by atoms with Crippen molar-refractivity contribution in [2.45, 2.75) is 43.0 Å². The molecular formula is C18H24IN3O3S. The molecule has 1 saturated carbocycles. The third-order valence-electron chi connectivity index (χ3n) is 5.06. The van der Waals surface area contributed by atoms with Gasteiger partial charge < -0.3 is 9.88 Å². The van der Waals surface area contributed by atoms with Gasteiger partial charge in [-0.15, -0.1) is 0 Å². The van der Waals surface area contributed by atoms with Crippen molar-refractivity contribution >= 4 is 43.4 Å². The van der Waals surface area contributed by atoms with Crippen molar-refractivity contribution < 1.29 is 8.42 Å². The summed E-state index contributed by atoms with van der Waals surface area (Å²) in [6, 6.07) is 7.03. The maximum absolute atomic E-state index is 12.8. The predicted octanol–water partition coefficient (Wildman–Crippen LogP) is 2.68. The van der Waals surface area contributed by atoms with E-state index in [1.54, 1.807) is 24.3 Å². The summed E-state index contributed by atoms with van der Waals surface area (Å²) in [5, 5.41) is 0.835. The Balaban J connectivity index is 1.74. The van der Waals surface area contributed by atoms with Gasteiger partial charge in [0, 0.05) is 29.9 Å². The number of halogens is 1. The maximum atomic E-state index is 12.8. The van der Waals surface area contributed by atoms with Crippen molar-refractivity contribution in [2.24, 2.45) is 0 Å². The molecule has 0 bridgehead atoms. The molecule has 142 valence electrons. The van der Waals surface area contributed by atoms with Crippen molar-refractivity contribution in [1.82, 2.24) is 14.6 Å². The average molecular weight is 489 g/mol. The van der Waals surface area contributed by atoms with Crippen LogP contribution < -0.4 is 10.3 Å². The summed E-state index contributed by atoms with van der Waals surface area (Å²) in [5.74, 6) is 0. The second-order valence-electron chi connectivity index (χ2n) is 6.83. The SMILES string of the molecule is CN(CCNS(=O)(=O)c1cccc2c(=O)[nH]c(I)cc12)C1CCCCC1. The number of hydrogen-bond donors (Lipinski definition) is 2. The summed E-state index contributed by atoms with van der Waals surface area (Å²) in [6.07, 6.45) is 6.19. The van der Waals surface area contributed by atoms with Gasteiger partial charge >= 0.3 is 0 Å². The fraction of sp³-hybridized carbons (Fsp3) is 0.500. The highest BCUT2D eigenvalue weighted by atomic mass is 127. The molecule has 8 heteroatoms. The Bertz CT molecular complexity index is 936. The number of rotatable bonds is 6. The van der Waals surface area contributed by atoms with Crippen LogP contribution in [0.25, 0.3) is 10.8 Å². The third kappa shape index (κ3) is 4.47. The van der Waals surface area contributed by atoms with Crippen molar-refractivity contribution in [3.05, 3.63) is 38.3 Å². The first kappa shape index (κ1) is 19.8. The van der Waals surface area contributed by atoms with Crippen molar-refractivity contribution in [1.29, 1.82) is 0 Å². The molecule has 1 aromatic carbocycles. The molecular weight excluding hydrogens is 465 g/mol. The predicted molar refractivity (Wildman–Crippen MR) is 112 cm³/mol. The second-order valence-corrected chi connectivity index (χ2v) is 9.73. The summed E-state index contributed by atoms with van der Waals surface area (Å²) in [4.78, 5) is 17.2. The molecule has 0 aliphatic heterocycles. The van der Waals surface area contributed by atoms with E-state index in [0.29, 0.717) is 33.6 Å². The minimum absolute atomic E-state index is 0.152. The van der Waals surface area contributed by atoms with Gasteiger partial charge in [0.25, 0.3) is 5.56 Å². The molecule has 2 N–H and O–H groups in total. The first-order valence-corrected chi connectivity index (χ1v) is 11.5. The van der Waals surface area contributed by atoms with Crippen molar-refractivity contribution in [3.8, 4) is 0 Å². The normalized spacial score (nSPS) is 16.4. The highest BCUT2D eigenvalue weighted by Gasteiger charge is 2.20. The standard InChI is InChI=1S/C18H24IN3O3S/c1-22(13-6-3-2-4-7-13)11-10-20-26(24,25)16-9-5-8-14-15(16)12-17(19)21-18(14)23/h5,8-9,12-13,20H,2-4,6-7,10-11H2,1H3,(H,21,23). The van der Waals surface area contributed by atoms with E-state index in [1.807, 2.05) is 22.6 Å². The average Bonchev–Trinajstić information content (AvgIpc) is 2.61. The zero-order valence-corrected chi connectivity index (χ0v) is 17.8. The molecule has 1 aliphatic carbocycles. The molecule has 0 saturated heterocycles. The van der Waals surface area contributed by atoms with Gasteiger partial charge in [-0.1, -0.05) is 25.3 Å². The van der Waals surface area contributed by atoms with Crippen LogP contribution in [0.15, 0.2) is 34.0 Å². The number of nitrogens with one attached hydrogen (secondary N) is 2. The van der Waals surface area contributed by atoms with E-state index < -0.39 is 10.0 Å². The minimum Gasteiger partial charge on any atom is -0.317 e. The molecule has 6 nitrogen and oxygen atoms in total. The number of fused-ring (bicyclic) bond motifs is 1. The van der Waals surface area contributed by atoms with Crippen LogP contribution in [-0.4, -0.2) is 44.5 Å². The quantitative estimate of drug-likeness (QED) is 0.483. The van der Waals surface area contributed by atoms with Crippen LogP contribution in [0.4, 0.5) is 0 Å². The van der Waals surface area contributed by atoms with Crippen LogP contribution in [-0.2, 0) is 10.0 Å². The smallest absolute Gasteiger partial charge is 0.256 e. The number of hydrogen-bond acceptors (Lipinski definition) is 4. The number of aromatic amines is 1. The van der Waals surface area contributed by atoms with E-state index >= 15 is 0 Å². The van der Waals surface area contributed by atoms with Gasteiger partial charge in [-0.25, -0.2) is 13.1 Å². The lowest BCUT2D eigenvalue weighted by molar-refractivity contribution is 0.195. The molecule has 26 heavy (non-hydrogen) atoms. The fourth-order valence-electron chi connectivity index (χ4n) is 3.60. The van der Waals surface area contributed by atoms with Crippen LogP contribution >= 0.6 is 22.6 Å². The molecule has 3 rings (SSSR count). The molecule has 0 spiro atoms. The molecule has 0 amide bonds. The molecule has 0 unspecified atom stereocenters. The minimum atomic E-state index is -3.68. The zero-order valence-electron chi connectivity index (χ0n) is 14.8. The zero-order chi connectivity index (χ0) is 18.7. The Labute approximate surface area is 167 Å². The maximum Gasteiger partial charge on any atom is 0.256 e. The molecule has 1 aliphatic rings. The second kappa shape index (κ2) is 8.37. The van der Waals surface area contributed by atoms with Crippen molar-refractivity contribution in [3.63, 3.8) is 0 Å². The topological polar surface area (TPSA) is 82.3 Å². The number of nitrogens with zero attached hydrogens (tertiary/aromatic N) is 1. The summed E-state index contributed by atoms with van der Waals surface area (Å²) in [5.41, 5.74) is -0.277. The van der Waals surface area contributed by atoms with Crippen LogP contribution in [0, 0.1) is 3.70 Å². The Kier molecular flexibility index (Phi) is 6.37. The number of benzene rings is 1. The van der Waals surface area contributed by atoms with Gasteiger partial charge in [0.05, 0.1) is 8.60 Å². The van der Waals surface area contributed by atoms with Crippen molar-refractivity contribution in [2.75, 3.05) is 20.1 Å². The Morgan fingerprint density at radius 3 is 2.69 bits per heavy atom. The van der Waals surface area contributed by atoms with Crippen LogP contribution in [0.3, 0.4) is 0 Å². The van der Waals surface area contributed by atoms with Crippen LogP contribution in [0.2, 0.25) is 0 Å². The van der Waals surface area contributed by atoms with Gasteiger partial charge in [-0.3, -0.25) is 4.79 Å². The fourth-order valence-corrected chi connectivity index (χ4v) is 5.39. The number of sulfonamides is 1. The van der Waals surface area contributed by atoms with E-state index in [4.69, 9.17) is 0 Å². The third-order valence-corrected chi connectivity index (χ3v) is 7.16. The summed E-state index contributed by atoms with van der Waals surface area (Å²) in [7, 11) is -1.62. The summed E-state index contributed by atoms with van der Waals surface area (Å²) >= 11 is 1.98. The molecule has 1 fully saturated rings. The van der Waals surface area contributed by atoms with E-state index in [2.05, 4.69) is 21.7 Å². The van der Waals surface area contributed by atoms with E-state index in [9.17, 15) is 13.2 Å². The number of H-pyrrole nitrogens is 1. The highest BCUT2D eigenvalue weighted by molar-refractivity contribution is 14.1. The van der Waals surface area contributed by atoms with E-state index in [0.717, 1.165) is 0 Å². The van der Waals surface area contributed by atoms with Gasteiger partial charge in [0.15, 0.2) is 0 Å². The number of aromatic nitrogens is 1. The van der Waals surface area contributed by atoms with E-state index in [-0.39, 0.29) is 10.5 Å². The molecule has 1 heterocycles. The van der Waals surface area contributed by atoms with Crippen LogP contribution in [0.1, 0.15) is 32.1 Å². The van der Waals surface area contributed by atoms with Crippen LogP contribution in [0.5, 0.6) is 0 Å². The first-order valence-electron chi connectivity index (χ1n) is 8.90. The largest absolute Gasteiger partial charge is 0.317 e. The van der Waals surface area contributed by atoms with Gasteiger partial charge in [0.1, 0.15) is 0 Å². The molecule has 0 radical (unpaired) electrons. The summed E-state index contributed by atoms with van der Waals surface area (Å²) < 4.78 is 28.9. The Hall–Kier alpha value is -0.970. The lowest BCUT2D eigenvalue weighted by Crippen LogP contribution is -2.39. The highest BCUT2D eigenvalue weighted by Crippen LogP contribution is 2.23. The van der Waals surface area contributed by atoms with Gasteiger partial charge in [-0.2, -0.15) is 0 Å². The number of pyridine rings is 1. The lowest BCUT2D eigenvalue weighted by atomic mass is 9.94. The molecule has 0 atom stereocenters. The Morgan fingerprint density at radius 1 is 1.23 bits per heavy atom. The number of likely N-dealkylation sites (N-methyl/N-ethyl adjacent to an activating group) is 1. The Morgan fingerprint density at radius 2 is 1.96 bits per heavy atom. The van der Waals surface area contributed by atoms with E-state index in [1.165, 1.54) is 32.1 Å². The van der Waals surface area contributed by atoms with Gasteiger partial charge in [0.2, 0.25) is 10.0 Å². The van der Waals surface area contributed by atoms with Gasteiger partial charge in [-0.05, 0) is 60.7 Å². The molecule has 2 aromatic rings. The first-order chi connectivity index (χ1) is 12.4.